The van der Waals surface area contributed by atoms with Gasteiger partial charge in [-0.3, -0.25) is 0 Å². The van der Waals surface area contributed by atoms with Gasteiger partial charge in [0.2, 0.25) is 5.82 Å². The van der Waals surface area contributed by atoms with Gasteiger partial charge in [-0.25, -0.2) is 14.8 Å². The van der Waals surface area contributed by atoms with Crippen molar-refractivity contribution in [3.05, 3.63) is 18.1 Å². The molecule has 1 aromatic heterocycles. The van der Waals surface area contributed by atoms with Crippen LogP contribution >= 0.6 is 0 Å². The molecule has 0 saturated heterocycles. The first-order chi connectivity index (χ1) is 8.17. The van der Waals surface area contributed by atoms with Gasteiger partial charge in [0.05, 0.1) is 7.11 Å². The molecule has 0 radical (unpaired) electrons. The number of esters is 1. The number of anilines is 1. The number of carbonyl (C=O) groups is 1. The van der Waals surface area contributed by atoms with Crippen LogP contribution in [0.3, 0.4) is 0 Å². The molecule has 0 saturated carbocycles. The van der Waals surface area contributed by atoms with Crippen molar-refractivity contribution in [2.24, 2.45) is 0 Å². The van der Waals surface area contributed by atoms with Gasteiger partial charge in [0.1, 0.15) is 5.82 Å². The van der Waals surface area contributed by atoms with Crippen molar-refractivity contribution in [3.63, 3.8) is 0 Å². The van der Waals surface area contributed by atoms with Crippen molar-refractivity contribution in [1.29, 1.82) is 0 Å². The summed E-state index contributed by atoms with van der Waals surface area (Å²) in [6, 6.07) is 2.07. The summed E-state index contributed by atoms with van der Waals surface area (Å²) in [5, 5.41) is 3.24. The maximum atomic E-state index is 11.2. The van der Waals surface area contributed by atoms with Crippen molar-refractivity contribution in [3.8, 4) is 0 Å². The smallest absolute Gasteiger partial charge is 0.376 e. The molecule has 1 heterocycles. The maximum Gasteiger partial charge on any atom is 0.376 e. The van der Waals surface area contributed by atoms with Gasteiger partial charge >= 0.3 is 5.97 Å². The van der Waals surface area contributed by atoms with Crippen LogP contribution in [-0.4, -0.2) is 29.1 Å². The van der Waals surface area contributed by atoms with E-state index in [1.165, 1.54) is 20.0 Å². The number of unbranched alkanes of at least 4 members (excludes halogenated alkanes) is 1. The second kappa shape index (κ2) is 6.83. The molecule has 0 aliphatic rings. The number of ether oxygens (including phenoxy) is 1. The Morgan fingerprint density at radius 2 is 2.35 bits per heavy atom. The fraction of sp³-hybridized carbons (Fsp3) is 0.583. The second-order valence-electron chi connectivity index (χ2n) is 3.94. The lowest BCUT2D eigenvalue weighted by molar-refractivity contribution is 0.0587. The molecule has 1 aromatic rings. The van der Waals surface area contributed by atoms with Gasteiger partial charge in [0.15, 0.2) is 0 Å². The Morgan fingerprint density at radius 1 is 1.59 bits per heavy atom. The quantitative estimate of drug-likeness (QED) is 0.769. The minimum Gasteiger partial charge on any atom is -0.463 e. The lowest BCUT2D eigenvalue weighted by Gasteiger charge is -2.13. The number of aromatic nitrogens is 2. The molecule has 0 aliphatic carbocycles. The summed E-state index contributed by atoms with van der Waals surface area (Å²) >= 11 is 0. The molecule has 0 fully saturated rings. The van der Waals surface area contributed by atoms with Crippen LogP contribution in [0.15, 0.2) is 12.3 Å². The van der Waals surface area contributed by atoms with E-state index in [0.717, 1.165) is 6.42 Å². The Labute approximate surface area is 102 Å². The summed E-state index contributed by atoms with van der Waals surface area (Å²) in [6.07, 6.45) is 4.97. The predicted molar refractivity (Wildman–Crippen MR) is 66.0 cm³/mol. The van der Waals surface area contributed by atoms with Gasteiger partial charge in [-0.15, -0.1) is 0 Å². The van der Waals surface area contributed by atoms with Crippen LogP contribution in [0.1, 0.15) is 43.7 Å². The summed E-state index contributed by atoms with van der Waals surface area (Å²) in [4.78, 5) is 19.2. The third kappa shape index (κ3) is 4.38. The number of rotatable bonds is 6. The van der Waals surface area contributed by atoms with E-state index in [1.54, 1.807) is 12.3 Å². The molecule has 1 atom stereocenters. The first-order valence-corrected chi connectivity index (χ1v) is 5.85. The lowest BCUT2D eigenvalue weighted by Crippen LogP contribution is -2.17. The van der Waals surface area contributed by atoms with Crippen molar-refractivity contribution in [2.45, 2.75) is 39.2 Å². The highest BCUT2D eigenvalue weighted by molar-refractivity contribution is 5.85. The Morgan fingerprint density at radius 3 is 3.00 bits per heavy atom. The number of hydrogen-bond acceptors (Lipinski definition) is 5. The summed E-state index contributed by atoms with van der Waals surface area (Å²) in [6.45, 7) is 4.25. The van der Waals surface area contributed by atoms with Crippen LogP contribution in [0.25, 0.3) is 0 Å². The number of methoxy groups -OCH3 is 1. The summed E-state index contributed by atoms with van der Waals surface area (Å²) in [5.41, 5.74) is 0. The first-order valence-electron chi connectivity index (χ1n) is 5.85. The summed E-state index contributed by atoms with van der Waals surface area (Å²) < 4.78 is 4.57. The Balaban J connectivity index is 2.62. The normalized spacial score (nSPS) is 11.9. The maximum absolute atomic E-state index is 11.2. The lowest BCUT2D eigenvalue weighted by atomic mass is 10.1. The highest BCUT2D eigenvalue weighted by Crippen LogP contribution is 2.08. The van der Waals surface area contributed by atoms with Crippen LogP contribution < -0.4 is 5.32 Å². The third-order valence-electron chi connectivity index (χ3n) is 2.41. The Kier molecular flexibility index (Phi) is 5.39. The van der Waals surface area contributed by atoms with Crippen molar-refractivity contribution in [2.75, 3.05) is 12.4 Å². The van der Waals surface area contributed by atoms with Crippen LogP contribution in [0.2, 0.25) is 0 Å². The highest BCUT2D eigenvalue weighted by atomic mass is 16.5. The molecule has 1 rings (SSSR count). The second-order valence-corrected chi connectivity index (χ2v) is 3.94. The molecule has 0 spiro atoms. The van der Waals surface area contributed by atoms with E-state index in [2.05, 4.69) is 33.9 Å². The molecular weight excluding hydrogens is 218 g/mol. The zero-order valence-electron chi connectivity index (χ0n) is 10.6. The number of hydrogen-bond donors (Lipinski definition) is 1. The molecule has 17 heavy (non-hydrogen) atoms. The topological polar surface area (TPSA) is 64.1 Å². The summed E-state index contributed by atoms with van der Waals surface area (Å²) in [7, 11) is 1.32. The van der Waals surface area contributed by atoms with Gasteiger partial charge in [-0.1, -0.05) is 19.8 Å². The number of nitrogens with one attached hydrogen (secondary N) is 1. The van der Waals surface area contributed by atoms with Crippen molar-refractivity contribution >= 4 is 11.8 Å². The third-order valence-corrected chi connectivity index (χ3v) is 2.41. The van der Waals surface area contributed by atoms with Gasteiger partial charge in [-0.05, 0) is 19.4 Å². The van der Waals surface area contributed by atoms with Crippen molar-refractivity contribution < 1.29 is 9.53 Å². The monoisotopic (exact) mass is 237 g/mol. The first kappa shape index (κ1) is 13.4. The van der Waals surface area contributed by atoms with Crippen LogP contribution in [-0.2, 0) is 4.74 Å². The number of nitrogens with zero attached hydrogens (tertiary/aromatic N) is 2. The van der Waals surface area contributed by atoms with Gasteiger partial charge < -0.3 is 10.1 Å². The minimum absolute atomic E-state index is 0.0835. The molecule has 0 aromatic carbocycles. The van der Waals surface area contributed by atoms with E-state index in [9.17, 15) is 4.79 Å². The predicted octanol–water partition coefficient (Wildman–Crippen LogP) is 2.25. The molecular formula is C12H19N3O2. The fourth-order valence-electron chi connectivity index (χ4n) is 1.46. The zero-order valence-corrected chi connectivity index (χ0v) is 10.6. The average molecular weight is 237 g/mol. The van der Waals surface area contributed by atoms with Crippen molar-refractivity contribution in [1.82, 2.24) is 9.97 Å². The Hall–Kier alpha value is -1.65. The summed E-state index contributed by atoms with van der Waals surface area (Å²) in [5.74, 6) is 0.221. The fourth-order valence-corrected chi connectivity index (χ4v) is 1.46. The van der Waals surface area contributed by atoms with E-state index in [0.29, 0.717) is 11.9 Å². The standard InChI is InChI=1S/C12H19N3O2/c1-4-5-6-9(2)14-10-7-8-13-11(15-10)12(16)17-3/h7-9H,4-6H2,1-3H3,(H,13,14,15). The molecule has 5 heteroatoms. The van der Waals surface area contributed by atoms with Crippen LogP contribution in [0.5, 0.6) is 0 Å². The van der Waals surface area contributed by atoms with Gasteiger partial charge in [0, 0.05) is 12.2 Å². The molecule has 5 nitrogen and oxygen atoms in total. The van der Waals surface area contributed by atoms with Crippen LogP contribution in [0, 0.1) is 0 Å². The van der Waals surface area contributed by atoms with Gasteiger partial charge in [0.25, 0.3) is 0 Å². The highest BCUT2D eigenvalue weighted by Gasteiger charge is 2.10. The molecule has 1 unspecified atom stereocenters. The molecule has 0 aliphatic heterocycles. The molecule has 0 amide bonds. The number of carbonyl (C=O) groups excluding carboxylic acids is 1. The van der Waals surface area contributed by atoms with E-state index in [4.69, 9.17) is 0 Å². The van der Waals surface area contributed by atoms with Crippen LogP contribution in [0.4, 0.5) is 5.82 Å². The van der Waals surface area contributed by atoms with E-state index < -0.39 is 5.97 Å². The van der Waals surface area contributed by atoms with Gasteiger partial charge in [-0.2, -0.15) is 0 Å². The molecule has 1 N–H and O–H groups in total. The largest absolute Gasteiger partial charge is 0.463 e. The molecule has 94 valence electrons. The SMILES string of the molecule is CCCCC(C)Nc1ccnc(C(=O)OC)n1. The van der Waals surface area contributed by atoms with E-state index in [-0.39, 0.29) is 5.82 Å². The Bertz CT molecular complexity index is 369. The minimum atomic E-state index is -0.519. The molecule has 0 bridgehead atoms. The van der Waals surface area contributed by atoms with E-state index in [1.807, 2.05) is 0 Å². The zero-order chi connectivity index (χ0) is 12.7. The average Bonchev–Trinajstić information content (AvgIpc) is 2.35. The van der Waals surface area contributed by atoms with E-state index >= 15 is 0 Å².